The minimum Gasteiger partial charge on any atom is -0.478 e. The molecule has 7 rings (SSSR count). The van der Waals surface area contributed by atoms with Gasteiger partial charge in [0.15, 0.2) is 0 Å². The van der Waals surface area contributed by atoms with Gasteiger partial charge in [0, 0.05) is 25.2 Å². The van der Waals surface area contributed by atoms with E-state index in [2.05, 4.69) is 10.2 Å². The summed E-state index contributed by atoms with van der Waals surface area (Å²) >= 11 is 0. The van der Waals surface area contributed by atoms with Gasteiger partial charge in [-0.15, -0.1) is 5.06 Å². The molecule has 5 heterocycles. The van der Waals surface area contributed by atoms with Crippen LogP contribution in [0, 0.1) is 0 Å². The van der Waals surface area contributed by atoms with E-state index in [9.17, 15) is 50.6 Å². The molecule has 11 nitrogen and oxygen atoms in total. The van der Waals surface area contributed by atoms with Gasteiger partial charge in [-0.05, 0) is 71.5 Å². The minimum atomic E-state index is -4.43. The number of carboxylic acid groups (broad SMARTS) is 1. The molecular formula is C38H33F6N5O6. The quantitative estimate of drug-likeness (QED) is 0.127. The van der Waals surface area contributed by atoms with Gasteiger partial charge in [0.05, 0.1) is 34.6 Å². The van der Waals surface area contributed by atoms with Crippen LogP contribution in [0.4, 0.5) is 26.3 Å². The Morgan fingerprint density at radius 2 is 1.05 bits per heavy atom. The van der Waals surface area contributed by atoms with Crippen molar-refractivity contribution in [3.8, 4) is 0 Å². The number of rotatable bonds is 7. The van der Waals surface area contributed by atoms with Crippen LogP contribution in [0.3, 0.4) is 0 Å². The number of halogens is 6. The van der Waals surface area contributed by atoms with Gasteiger partial charge >= 0.3 is 24.3 Å². The van der Waals surface area contributed by atoms with Crippen molar-refractivity contribution in [1.29, 1.82) is 0 Å². The molecule has 2 aromatic carbocycles. The zero-order valence-corrected chi connectivity index (χ0v) is 27.1. The van der Waals surface area contributed by atoms with E-state index in [1.807, 2.05) is 0 Å². The van der Waals surface area contributed by atoms with E-state index in [4.69, 9.17) is 4.84 Å². The third kappa shape index (κ3) is 9.00. The van der Waals surface area contributed by atoms with Crippen molar-refractivity contribution in [2.75, 3.05) is 0 Å². The molecule has 1 fully saturated rings. The average molecular weight is 770 g/mol. The topological polar surface area (TPSA) is 136 Å². The van der Waals surface area contributed by atoms with E-state index in [0.29, 0.717) is 44.8 Å². The van der Waals surface area contributed by atoms with Gasteiger partial charge < -0.3 is 9.94 Å². The number of benzene rings is 2. The Labute approximate surface area is 309 Å². The van der Waals surface area contributed by atoms with Gasteiger partial charge in [-0.3, -0.25) is 9.59 Å². The largest absolute Gasteiger partial charge is 0.478 e. The second kappa shape index (κ2) is 16.2. The zero-order chi connectivity index (χ0) is 38.1. The number of carbonyl (C=O) groups is 4. The van der Waals surface area contributed by atoms with E-state index in [-0.39, 0.29) is 45.2 Å². The van der Waals surface area contributed by atoms with Gasteiger partial charge in [-0.2, -0.15) is 36.5 Å². The number of alkyl halides is 6. The molecule has 1 N–H and O–H groups in total. The lowest BCUT2D eigenvalue weighted by molar-refractivity contribution is -0.172. The highest BCUT2D eigenvalue weighted by atomic mass is 19.4. The maximum atomic E-state index is 12.8. The molecule has 1 aliphatic heterocycles. The van der Waals surface area contributed by atoms with Crippen LogP contribution in [0.25, 0.3) is 11.0 Å². The smallest absolute Gasteiger partial charge is 0.416 e. The van der Waals surface area contributed by atoms with Crippen molar-refractivity contribution in [2.24, 2.45) is 0 Å². The van der Waals surface area contributed by atoms with Crippen LogP contribution in [-0.4, -0.2) is 53.2 Å². The molecule has 0 saturated carbocycles. The number of imide groups is 1. The number of pyridine rings is 2. The van der Waals surface area contributed by atoms with Gasteiger partial charge in [-0.25, -0.2) is 18.6 Å². The molecule has 0 spiro atoms. The molecule has 17 heteroatoms. The maximum absolute atomic E-state index is 12.8. The summed E-state index contributed by atoms with van der Waals surface area (Å²) in [5, 5.41) is 17.7. The Bertz CT molecular complexity index is 2330. The van der Waals surface area contributed by atoms with Crippen LogP contribution < -0.4 is 0 Å². The molecule has 0 unspecified atom stereocenters. The first-order valence-corrected chi connectivity index (χ1v) is 15.6. The highest BCUT2D eigenvalue weighted by Crippen LogP contribution is 2.31. The lowest BCUT2D eigenvalue weighted by atomic mass is 10.0. The van der Waals surface area contributed by atoms with E-state index >= 15 is 0 Å². The van der Waals surface area contributed by atoms with Crippen LogP contribution >= 0.6 is 0 Å². The minimum absolute atomic E-state index is 0. The molecule has 0 bridgehead atoms. The predicted octanol–water partition coefficient (Wildman–Crippen LogP) is 8.08. The van der Waals surface area contributed by atoms with Gasteiger partial charge in [-0.1, -0.05) is 51.3 Å². The van der Waals surface area contributed by atoms with Crippen LogP contribution in [-0.2, 0) is 39.6 Å². The summed E-state index contributed by atoms with van der Waals surface area (Å²) in [4.78, 5) is 52.2. The predicted molar refractivity (Wildman–Crippen MR) is 186 cm³/mol. The van der Waals surface area contributed by atoms with E-state index < -0.39 is 47.2 Å². The first-order chi connectivity index (χ1) is 25.1. The summed E-state index contributed by atoms with van der Waals surface area (Å²) < 4.78 is 78.9. The normalized spacial score (nSPS) is 12.9. The summed E-state index contributed by atoms with van der Waals surface area (Å²) in [6, 6.07) is 16.4. The number of carbonyl (C=O) groups excluding carboxylic acids is 3. The molecule has 0 atom stereocenters. The Hall–Kier alpha value is -6.52. The van der Waals surface area contributed by atoms with Crippen molar-refractivity contribution >= 4 is 34.8 Å². The summed E-state index contributed by atoms with van der Waals surface area (Å²) in [6.45, 7) is 0. The molecule has 4 aromatic heterocycles. The van der Waals surface area contributed by atoms with E-state index in [0.717, 1.165) is 24.3 Å². The van der Waals surface area contributed by atoms with Crippen molar-refractivity contribution in [3.63, 3.8) is 0 Å². The number of aromatic nitrogens is 4. The van der Waals surface area contributed by atoms with Gasteiger partial charge in [0.25, 0.3) is 11.8 Å². The van der Waals surface area contributed by atoms with Crippen LogP contribution in [0.1, 0.15) is 81.8 Å². The van der Waals surface area contributed by atoms with E-state index in [1.54, 1.807) is 36.7 Å². The summed E-state index contributed by atoms with van der Waals surface area (Å²) in [5.74, 6) is -3.22. The first kappa shape index (κ1) is 41.2. The summed E-state index contributed by atoms with van der Waals surface area (Å²) in [7, 11) is 0. The number of aromatic carboxylic acids is 1. The molecule has 288 valence electrons. The van der Waals surface area contributed by atoms with Crippen molar-refractivity contribution in [1.82, 2.24) is 24.3 Å². The fraction of sp³-hybridized carbons (Fsp3) is 0.211. The first-order valence-electron chi connectivity index (χ1n) is 15.6. The third-order valence-electron chi connectivity index (χ3n) is 8.23. The standard InChI is InChI=1S/C20H14F3N3O4.C16H11F3N2O2.2CH4/c21-20(22,23)14-5-3-12(4-6-14)10-13-2-1-9-25-18(13)15(11-24-25)19(29)30-26-16(27)7-8-17(26)28;17-16(18,19)12-5-3-10(4-6-12)8-11-2-1-7-21-14(11)13(9-20-21)15(22)23;;/h1-6,9,11H,7-8,10H2;1-7,9H,8H2,(H,22,23);2*1H4. The van der Waals surface area contributed by atoms with Crippen molar-refractivity contribution < 1.29 is 55.5 Å². The number of carboxylic acids is 1. The van der Waals surface area contributed by atoms with Gasteiger partial charge in [0.1, 0.15) is 11.1 Å². The molecule has 0 aliphatic carbocycles. The SMILES string of the molecule is C.C.O=C(O)c1cnn2cccc(Cc3ccc(C(F)(F)F)cc3)c12.O=C(ON1C(=O)CCC1=O)c1cnn2cccc(Cc3ccc(C(F)(F)F)cc3)c12. The summed E-state index contributed by atoms with van der Waals surface area (Å²) in [6.07, 6.45) is -2.59. The molecule has 1 aliphatic rings. The Kier molecular flexibility index (Phi) is 12.2. The van der Waals surface area contributed by atoms with E-state index in [1.165, 1.54) is 45.7 Å². The molecule has 1 saturated heterocycles. The Morgan fingerprint density at radius 3 is 1.45 bits per heavy atom. The highest BCUT2D eigenvalue weighted by Gasteiger charge is 2.34. The number of hydrogen-bond donors (Lipinski definition) is 1. The van der Waals surface area contributed by atoms with Crippen LogP contribution in [0.2, 0.25) is 0 Å². The number of fused-ring (bicyclic) bond motifs is 2. The molecule has 0 radical (unpaired) electrons. The third-order valence-corrected chi connectivity index (χ3v) is 8.23. The Balaban J connectivity index is 0.000000244. The number of amides is 2. The fourth-order valence-electron chi connectivity index (χ4n) is 5.67. The number of hydrogen-bond acceptors (Lipinski definition) is 7. The lowest BCUT2D eigenvalue weighted by Crippen LogP contribution is -2.32. The molecule has 6 aromatic rings. The highest BCUT2D eigenvalue weighted by molar-refractivity contribution is 6.04. The number of nitrogens with zero attached hydrogens (tertiary/aromatic N) is 5. The second-order valence-corrected chi connectivity index (χ2v) is 11.8. The number of hydroxylamine groups is 2. The zero-order valence-electron chi connectivity index (χ0n) is 27.1. The van der Waals surface area contributed by atoms with Crippen molar-refractivity contribution in [3.05, 3.63) is 142 Å². The van der Waals surface area contributed by atoms with Crippen molar-refractivity contribution in [2.45, 2.75) is 52.9 Å². The van der Waals surface area contributed by atoms with Gasteiger partial charge in [0.2, 0.25) is 0 Å². The fourth-order valence-corrected chi connectivity index (χ4v) is 5.67. The molecule has 55 heavy (non-hydrogen) atoms. The lowest BCUT2D eigenvalue weighted by Gasteiger charge is -2.12. The average Bonchev–Trinajstić information content (AvgIpc) is 3.83. The Morgan fingerprint density at radius 1 is 0.655 bits per heavy atom. The summed E-state index contributed by atoms with van der Waals surface area (Å²) in [5.41, 5.74) is 2.00. The maximum Gasteiger partial charge on any atom is 0.416 e. The van der Waals surface area contributed by atoms with Crippen LogP contribution in [0.15, 0.2) is 97.6 Å². The van der Waals surface area contributed by atoms with Crippen LogP contribution in [0.5, 0.6) is 0 Å². The molecular weight excluding hydrogens is 736 g/mol. The molecule has 2 amide bonds. The second-order valence-electron chi connectivity index (χ2n) is 11.8. The monoisotopic (exact) mass is 769 g/mol.